The highest BCUT2D eigenvalue weighted by Crippen LogP contribution is 2.29. The van der Waals surface area contributed by atoms with Gasteiger partial charge in [-0.15, -0.1) is 0 Å². The zero-order valence-electron chi connectivity index (χ0n) is 19.3. The van der Waals surface area contributed by atoms with Crippen LogP contribution >= 0.6 is 0 Å². The molecule has 3 aromatic rings. The molecule has 6 heteroatoms. The van der Waals surface area contributed by atoms with Crippen molar-refractivity contribution in [3.8, 4) is 0 Å². The fourth-order valence-corrected chi connectivity index (χ4v) is 4.48. The molecule has 6 nitrogen and oxygen atoms in total. The number of aromatic nitrogens is 2. The minimum absolute atomic E-state index is 0.0302. The third kappa shape index (κ3) is 5.36. The molecule has 2 aromatic carbocycles. The molecule has 0 atom stereocenters. The molecule has 4 rings (SSSR count). The van der Waals surface area contributed by atoms with E-state index in [9.17, 15) is 4.79 Å². The lowest BCUT2D eigenvalue weighted by molar-refractivity contribution is 0.0941. The van der Waals surface area contributed by atoms with Crippen molar-refractivity contribution in [3.05, 3.63) is 59.7 Å². The minimum atomic E-state index is 0.0302. The summed E-state index contributed by atoms with van der Waals surface area (Å²) in [6.45, 7) is 3.65. The van der Waals surface area contributed by atoms with Gasteiger partial charge in [0.1, 0.15) is 5.82 Å². The maximum absolute atomic E-state index is 12.4. The van der Waals surface area contributed by atoms with Crippen LogP contribution in [0.1, 0.15) is 41.6 Å². The Morgan fingerprint density at radius 1 is 0.969 bits per heavy atom. The van der Waals surface area contributed by atoms with Crippen LogP contribution in [0.5, 0.6) is 0 Å². The van der Waals surface area contributed by atoms with Crippen molar-refractivity contribution in [3.63, 3.8) is 0 Å². The van der Waals surface area contributed by atoms with Crippen molar-refractivity contribution in [2.75, 3.05) is 37.4 Å². The Hall–Kier alpha value is -3.15. The van der Waals surface area contributed by atoms with Crippen molar-refractivity contribution in [1.29, 1.82) is 0 Å². The van der Waals surface area contributed by atoms with Crippen LogP contribution in [0, 0.1) is 18.8 Å². The van der Waals surface area contributed by atoms with E-state index in [4.69, 9.17) is 9.97 Å². The molecule has 1 fully saturated rings. The molecule has 0 radical (unpaired) electrons. The number of aryl methyl sites for hydroxylation is 1. The number of anilines is 2. The van der Waals surface area contributed by atoms with E-state index in [2.05, 4.69) is 16.7 Å². The first-order valence-corrected chi connectivity index (χ1v) is 11.5. The first-order chi connectivity index (χ1) is 15.5. The lowest BCUT2D eigenvalue weighted by Gasteiger charge is -2.29. The number of amides is 1. The smallest absolute Gasteiger partial charge is 0.251 e. The number of nitrogens with zero attached hydrogens (tertiary/aromatic N) is 3. The predicted octanol–water partition coefficient (Wildman–Crippen LogP) is 4.65. The normalized spacial score (nSPS) is 18.3. The second kappa shape index (κ2) is 9.98. The number of para-hydroxylation sites is 1. The molecule has 0 bridgehead atoms. The van der Waals surface area contributed by atoms with E-state index in [0.717, 1.165) is 66.6 Å². The van der Waals surface area contributed by atoms with Crippen molar-refractivity contribution < 1.29 is 4.79 Å². The first kappa shape index (κ1) is 22.1. The Balaban J connectivity index is 1.26. The predicted molar refractivity (Wildman–Crippen MR) is 131 cm³/mol. The summed E-state index contributed by atoms with van der Waals surface area (Å²) in [4.78, 5) is 23.9. The summed E-state index contributed by atoms with van der Waals surface area (Å²) in [5.41, 5.74) is 2.82. The monoisotopic (exact) mass is 431 g/mol. The number of carbonyl (C=O) groups is 1. The molecule has 1 aliphatic carbocycles. The van der Waals surface area contributed by atoms with E-state index in [1.807, 2.05) is 68.4 Å². The van der Waals surface area contributed by atoms with Crippen molar-refractivity contribution in [2.45, 2.75) is 32.6 Å². The summed E-state index contributed by atoms with van der Waals surface area (Å²) >= 11 is 0. The van der Waals surface area contributed by atoms with Gasteiger partial charge in [-0.1, -0.05) is 29.8 Å². The van der Waals surface area contributed by atoms with Crippen molar-refractivity contribution in [1.82, 2.24) is 15.3 Å². The highest BCUT2D eigenvalue weighted by Gasteiger charge is 2.22. The number of hydrogen-bond donors (Lipinski definition) is 2. The van der Waals surface area contributed by atoms with Gasteiger partial charge in [0.25, 0.3) is 5.91 Å². The number of carbonyl (C=O) groups excluding carboxylic acids is 1. The summed E-state index contributed by atoms with van der Waals surface area (Å²) in [7, 11) is 4.02. The summed E-state index contributed by atoms with van der Waals surface area (Å²) in [6, 6.07) is 15.9. The average molecular weight is 432 g/mol. The third-order valence-electron chi connectivity index (χ3n) is 6.35. The number of nitrogens with one attached hydrogen (secondary N) is 2. The van der Waals surface area contributed by atoms with Crippen molar-refractivity contribution in [2.24, 2.45) is 11.8 Å². The van der Waals surface area contributed by atoms with Crippen LogP contribution in [0.15, 0.2) is 48.5 Å². The van der Waals surface area contributed by atoms with Gasteiger partial charge in [0, 0.05) is 38.1 Å². The van der Waals surface area contributed by atoms with Crippen LogP contribution in [0.4, 0.5) is 11.8 Å². The molecular weight excluding hydrogens is 398 g/mol. The van der Waals surface area contributed by atoms with E-state index in [1.54, 1.807) is 0 Å². The number of benzene rings is 2. The second-order valence-corrected chi connectivity index (χ2v) is 9.13. The van der Waals surface area contributed by atoms with Crippen LogP contribution < -0.4 is 15.5 Å². The molecule has 32 heavy (non-hydrogen) atoms. The van der Waals surface area contributed by atoms with Gasteiger partial charge in [0.05, 0.1) is 5.52 Å². The van der Waals surface area contributed by atoms with E-state index in [1.165, 1.54) is 0 Å². The van der Waals surface area contributed by atoms with Gasteiger partial charge in [-0.25, -0.2) is 4.98 Å². The zero-order valence-corrected chi connectivity index (χ0v) is 19.3. The molecule has 2 N–H and O–H groups in total. The standard InChI is InChI=1S/C26H33N5O/c1-18-7-6-8-21(15-18)25(32)27-16-19-11-13-20(14-12-19)17-28-26-29-23-10-5-4-9-22(23)24(30-26)31(2)3/h4-10,15,19-20H,11-14,16-17H2,1-3H3,(H,27,32)(H,28,29,30). The van der Waals surface area contributed by atoms with Gasteiger partial charge in [-0.2, -0.15) is 4.98 Å². The maximum atomic E-state index is 12.4. The molecule has 0 saturated heterocycles. The molecular formula is C26H33N5O. The lowest BCUT2D eigenvalue weighted by atomic mass is 9.82. The molecule has 0 spiro atoms. The molecule has 1 saturated carbocycles. The molecule has 0 unspecified atom stereocenters. The average Bonchev–Trinajstić information content (AvgIpc) is 2.81. The third-order valence-corrected chi connectivity index (χ3v) is 6.35. The Bertz CT molecular complexity index is 1070. The van der Waals surface area contributed by atoms with Gasteiger partial charge >= 0.3 is 0 Å². The molecule has 0 aliphatic heterocycles. The quantitative estimate of drug-likeness (QED) is 0.570. The van der Waals surface area contributed by atoms with Crippen LogP contribution in [0.25, 0.3) is 10.9 Å². The van der Waals surface area contributed by atoms with E-state index >= 15 is 0 Å². The summed E-state index contributed by atoms with van der Waals surface area (Å²) < 4.78 is 0. The largest absolute Gasteiger partial charge is 0.362 e. The Kier molecular flexibility index (Phi) is 6.88. The van der Waals surface area contributed by atoms with Crippen LogP contribution in [0.3, 0.4) is 0 Å². The highest BCUT2D eigenvalue weighted by molar-refractivity contribution is 5.94. The van der Waals surface area contributed by atoms with Gasteiger partial charge in [-0.05, 0) is 68.7 Å². The van der Waals surface area contributed by atoms with Gasteiger partial charge < -0.3 is 15.5 Å². The van der Waals surface area contributed by atoms with Crippen LogP contribution in [0.2, 0.25) is 0 Å². The fraction of sp³-hybridized carbons (Fsp3) is 0.423. The first-order valence-electron chi connectivity index (χ1n) is 11.5. The second-order valence-electron chi connectivity index (χ2n) is 9.13. The molecule has 1 heterocycles. The maximum Gasteiger partial charge on any atom is 0.251 e. The summed E-state index contributed by atoms with van der Waals surface area (Å²) in [6.07, 6.45) is 4.60. The van der Waals surface area contributed by atoms with Gasteiger partial charge in [0.15, 0.2) is 0 Å². The van der Waals surface area contributed by atoms with E-state index in [0.29, 0.717) is 17.8 Å². The summed E-state index contributed by atoms with van der Waals surface area (Å²) in [5, 5.41) is 7.66. The molecule has 168 valence electrons. The summed E-state index contributed by atoms with van der Waals surface area (Å²) in [5.74, 6) is 2.82. The van der Waals surface area contributed by atoms with Gasteiger partial charge in [-0.3, -0.25) is 4.79 Å². The fourth-order valence-electron chi connectivity index (χ4n) is 4.48. The Labute approximate surface area is 190 Å². The topological polar surface area (TPSA) is 70.2 Å². The number of fused-ring (bicyclic) bond motifs is 1. The highest BCUT2D eigenvalue weighted by atomic mass is 16.1. The SMILES string of the molecule is Cc1cccc(C(=O)NCC2CCC(CNc3nc(N(C)C)c4ccccc4n3)CC2)c1. The van der Waals surface area contributed by atoms with Crippen LogP contribution in [-0.4, -0.2) is 43.1 Å². The minimum Gasteiger partial charge on any atom is -0.362 e. The van der Waals surface area contributed by atoms with E-state index in [-0.39, 0.29) is 5.91 Å². The lowest BCUT2D eigenvalue weighted by Crippen LogP contribution is -2.32. The molecule has 1 aliphatic rings. The Morgan fingerprint density at radius 2 is 1.69 bits per heavy atom. The molecule has 1 amide bonds. The van der Waals surface area contributed by atoms with Gasteiger partial charge in [0.2, 0.25) is 5.95 Å². The Morgan fingerprint density at radius 3 is 2.41 bits per heavy atom. The van der Waals surface area contributed by atoms with Crippen LogP contribution in [-0.2, 0) is 0 Å². The number of hydrogen-bond acceptors (Lipinski definition) is 5. The molecule has 1 aromatic heterocycles. The zero-order chi connectivity index (χ0) is 22.5. The number of rotatable bonds is 7. The van der Waals surface area contributed by atoms with Crippen molar-refractivity contribution >= 4 is 28.6 Å². The van der Waals surface area contributed by atoms with E-state index < -0.39 is 0 Å².